The number of halogens is 2. The Hall–Kier alpha value is 0.1000. The fraction of sp³-hybridized carbons (Fsp3) is 0.600. The summed E-state index contributed by atoms with van der Waals surface area (Å²) in [5, 5.41) is 1.51. The molecule has 1 aromatic rings. The first kappa shape index (κ1) is 15.0. The van der Waals surface area contributed by atoms with E-state index < -0.39 is 0 Å². The fourth-order valence-corrected chi connectivity index (χ4v) is 4.82. The van der Waals surface area contributed by atoms with E-state index in [1.807, 2.05) is 23.9 Å². The van der Waals surface area contributed by atoms with Gasteiger partial charge in [0, 0.05) is 23.9 Å². The van der Waals surface area contributed by atoms with E-state index in [0.29, 0.717) is 5.02 Å². The maximum Gasteiger partial charge on any atom is 0.138 e. The predicted octanol–water partition coefficient (Wildman–Crippen LogP) is 4.67. The molecule has 1 aromatic carbocycles. The van der Waals surface area contributed by atoms with E-state index in [1.165, 1.54) is 5.75 Å². The van der Waals surface area contributed by atoms with E-state index >= 15 is 0 Å². The highest BCUT2D eigenvalue weighted by Crippen LogP contribution is 2.40. The molecule has 110 valence electrons. The largest absolute Gasteiger partial charge is 0.489 e. The molecule has 0 saturated carbocycles. The number of hydrogen-bond acceptors (Lipinski definition) is 3. The van der Waals surface area contributed by atoms with Gasteiger partial charge in [0.05, 0.1) is 17.2 Å². The van der Waals surface area contributed by atoms with Crippen molar-refractivity contribution in [3.05, 3.63) is 28.8 Å². The van der Waals surface area contributed by atoms with Crippen LogP contribution in [0, 0.1) is 0 Å². The molecule has 5 heteroatoms. The van der Waals surface area contributed by atoms with Crippen LogP contribution in [0.4, 0.5) is 0 Å². The molecule has 0 radical (unpaired) electrons. The Kier molecular flexibility index (Phi) is 4.86. The van der Waals surface area contributed by atoms with Crippen LogP contribution in [0.1, 0.15) is 24.8 Å². The van der Waals surface area contributed by atoms with Gasteiger partial charge in [0.25, 0.3) is 0 Å². The summed E-state index contributed by atoms with van der Waals surface area (Å²) in [6.07, 6.45) is 3.29. The molecule has 2 aliphatic rings. The van der Waals surface area contributed by atoms with Crippen molar-refractivity contribution in [3.8, 4) is 5.75 Å². The van der Waals surface area contributed by atoms with Crippen molar-refractivity contribution >= 4 is 39.3 Å². The molecule has 20 heavy (non-hydrogen) atoms. The van der Waals surface area contributed by atoms with Gasteiger partial charge >= 0.3 is 0 Å². The lowest BCUT2D eigenvalue weighted by molar-refractivity contribution is -0.0958. The molecule has 1 spiro atoms. The second-order valence-electron chi connectivity index (χ2n) is 5.47. The van der Waals surface area contributed by atoms with Gasteiger partial charge in [-0.15, -0.1) is 0 Å². The predicted molar refractivity (Wildman–Crippen MR) is 88.4 cm³/mol. The summed E-state index contributed by atoms with van der Waals surface area (Å²) in [6.45, 7) is 0.794. The van der Waals surface area contributed by atoms with E-state index in [4.69, 9.17) is 21.1 Å². The number of hydrogen-bond donors (Lipinski definition) is 0. The molecule has 2 atom stereocenters. The van der Waals surface area contributed by atoms with Crippen LogP contribution < -0.4 is 4.74 Å². The zero-order valence-corrected chi connectivity index (χ0v) is 14.4. The van der Waals surface area contributed by atoms with Crippen molar-refractivity contribution in [1.82, 2.24) is 0 Å². The van der Waals surface area contributed by atoms with Crippen LogP contribution >= 0.6 is 39.3 Å². The Morgan fingerprint density at radius 1 is 1.50 bits per heavy atom. The molecular formula is C15H18BrClO2S. The highest BCUT2D eigenvalue weighted by Gasteiger charge is 2.41. The summed E-state index contributed by atoms with van der Waals surface area (Å²) >= 11 is 11.7. The number of rotatable bonds is 3. The van der Waals surface area contributed by atoms with Gasteiger partial charge in [0.1, 0.15) is 11.9 Å². The molecule has 0 bridgehead atoms. The Balaban J connectivity index is 1.68. The summed E-state index contributed by atoms with van der Waals surface area (Å²) in [5.74, 6) is 3.10. The van der Waals surface area contributed by atoms with E-state index in [9.17, 15) is 0 Å². The van der Waals surface area contributed by atoms with E-state index in [0.717, 1.165) is 48.3 Å². The second-order valence-corrected chi connectivity index (χ2v) is 7.54. The summed E-state index contributed by atoms with van der Waals surface area (Å²) in [4.78, 5) is 0. The number of alkyl halides is 1. The molecule has 2 nitrogen and oxygen atoms in total. The van der Waals surface area contributed by atoms with Crippen LogP contribution in [0.3, 0.4) is 0 Å². The van der Waals surface area contributed by atoms with Crippen molar-refractivity contribution in [2.24, 2.45) is 0 Å². The van der Waals surface area contributed by atoms with E-state index in [2.05, 4.69) is 22.0 Å². The fourth-order valence-electron chi connectivity index (χ4n) is 2.85. The average Bonchev–Trinajstić information content (AvgIpc) is 2.89. The quantitative estimate of drug-likeness (QED) is 0.713. The van der Waals surface area contributed by atoms with Crippen LogP contribution in [0.15, 0.2) is 18.2 Å². The Labute approximate surface area is 137 Å². The maximum absolute atomic E-state index is 6.30. The third kappa shape index (κ3) is 3.29. The first-order chi connectivity index (χ1) is 9.71. The first-order valence-corrected chi connectivity index (χ1v) is 9.59. The van der Waals surface area contributed by atoms with Crippen LogP contribution in [-0.4, -0.2) is 29.8 Å². The van der Waals surface area contributed by atoms with Crippen molar-refractivity contribution in [1.29, 1.82) is 0 Å². The highest BCUT2D eigenvalue weighted by molar-refractivity contribution is 9.08. The van der Waals surface area contributed by atoms with E-state index in [-0.39, 0.29) is 11.7 Å². The van der Waals surface area contributed by atoms with Crippen molar-refractivity contribution in [3.63, 3.8) is 0 Å². The Bertz CT molecular complexity index is 477. The van der Waals surface area contributed by atoms with Gasteiger partial charge in [0.2, 0.25) is 0 Å². The molecule has 3 rings (SSSR count). The lowest BCUT2D eigenvalue weighted by Crippen LogP contribution is -2.43. The first-order valence-electron chi connectivity index (χ1n) is 6.93. The minimum atomic E-state index is 0.0514. The molecule has 0 aromatic heterocycles. The lowest BCUT2D eigenvalue weighted by atomic mass is 9.91. The minimum absolute atomic E-state index is 0.0514. The Morgan fingerprint density at radius 3 is 3.10 bits per heavy atom. The average molecular weight is 378 g/mol. The van der Waals surface area contributed by atoms with Crippen molar-refractivity contribution in [2.45, 2.75) is 36.3 Å². The third-order valence-corrected chi connectivity index (χ3v) is 6.12. The van der Waals surface area contributed by atoms with Crippen LogP contribution in [0.25, 0.3) is 0 Å². The summed E-state index contributed by atoms with van der Waals surface area (Å²) in [6, 6.07) is 5.99. The van der Waals surface area contributed by atoms with Crippen LogP contribution in [0.5, 0.6) is 5.75 Å². The molecule has 0 aliphatic carbocycles. The van der Waals surface area contributed by atoms with Crippen LogP contribution in [0.2, 0.25) is 5.02 Å². The van der Waals surface area contributed by atoms with Gasteiger partial charge in [-0.2, -0.15) is 11.8 Å². The molecule has 0 amide bonds. The Morgan fingerprint density at radius 2 is 2.40 bits per heavy atom. The zero-order valence-electron chi connectivity index (χ0n) is 11.2. The van der Waals surface area contributed by atoms with E-state index in [1.54, 1.807) is 0 Å². The summed E-state index contributed by atoms with van der Waals surface area (Å²) in [5.41, 5.74) is 1.22. The van der Waals surface area contributed by atoms with Gasteiger partial charge in [-0.3, -0.25) is 0 Å². The maximum atomic E-state index is 6.30. The highest BCUT2D eigenvalue weighted by atomic mass is 79.9. The molecular weight excluding hydrogens is 360 g/mol. The molecule has 2 heterocycles. The molecule has 2 aliphatic heterocycles. The number of thioether (sulfide) groups is 1. The molecule has 2 fully saturated rings. The standard InChI is InChI=1S/C15H18BrClO2S/c16-9-11-1-2-14(13(17)7-11)19-12-3-5-18-15(8-12)4-6-20-10-15/h1-2,7,12H,3-6,8-10H2. The molecule has 2 unspecified atom stereocenters. The monoisotopic (exact) mass is 376 g/mol. The summed E-state index contributed by atoms with van der Waals surface area (Å²) < 4.78 is 12.2. The number of ether oxygens (including phenoxy) is 2. The minimum Gasteiger partial charge on any atom is -0.489 e. The van der Waals surface area contributed by atoms with Crippen LogP contribution in [-0.2, 0) is 10.1 Å². The number of benzene rings is 1. The SMILES string of the molecule is Clc1cc(CBr)ccc1OC1CCOC2(CCSC2)C1. The lowest BCUT2D eigenvalue weighted by Gasteiger charge is -2.37. The summed E-state index contributed by atoms with van der Waals surface area (Å²) in [7, 11) is 0. The normalized spacial score (nSPS) is 29.8. The van der Waals surface area contributed by atoms with Crippen molar-refractivity contribution < 1.29 is 9.47 Å². The molecule has 0 N–H and O–H groups in total. The van der Waals surface area contributed by atoms with Gasteiger partial charge < -0.3 is 9.47 Å². The smallest absolute Gasteiger partial charge is 0.138 e. The van der Waals surface area contributed by atoms with Gasteiger partial charge in [0.15, 0.2) is 0 Å². The topological polar surface area (TPSA) is 18.5 Å². The zero-order chi connectivity index (χ0) is 14.0. The third-order valence-electron chi connectivity index (χ3n) is 3.96. The van der Waals surface area contributed by atoms with Gasteiger partial charge in [-0.25, -0.2) is 0 Å². The molecule has 2 saturated heterocycles. The van der Waals surface area contributed by atoms with Gasteiger partial charge in [-0.1, -0.05) is 33.6 Å². The van der Waals surface area contributed by atoms with Crippen molar-refractivity contribution in [2.75, 3.05) is 18.1 Å². The second kappa shape index (κ2) is 6.47. The van der Waals surface area contributed by atoms with Gasteiger partial charge in [-0.05, 0) is 29.9 Å².